The van der Waals surface area contributed by atoms with Gasteiger partial charge < -0.3 is 10.4 Å². The monoisotopic (exact) mass is 255 g/mol. The second-order valence-electron chi connectivity index (χ2n) is 3.56. The molecule has 1 rings (SSSR count). The summed E-state index contributed by atoms with van der Waals surface area (Å²) in [6, 6.07) is 0. The molecule has 2 N–H and O–H groups in total. The molecule has 0 bridgehead atoms. The van der Waals surface area contributed by atoms with Crippen molar-refractivity contribution >= 4 is 23.3 Å². The van der Waals surface area contributed by atoms with Gasteiger partial charge in [0, 0.05) is 13.5 Å². The van der Waals surface area contributed by atoms with Crippen LogP contribution >= 0.6 is 11.8 Å². The number of aromatic nitrogens is 2. The van der Waals surface area contributed by atoms with Crippen LogP contribution in [0.2, 0.25) is 0 Å². The van der Waals surface area contributed by atoms with E-state index in [2.05, 4.69) is 4.98 Å². The Labute approximate surface area is 102 Å². The summed E-state index contributed by atoms with van der Waals surface area (Å²) in [6.45, 7) is 1.35. The second-order valence-corrected chi connectivity index (χ2v) is 4.38. The highest BCUT2D eigenvalue weighted by Gasteiger charge is 2.17. The van der Waals surface area contributed by atoms with Gasteiger partial charge in [-0.2, -0.15) is 0 Å². The number of thioether (sulfide) groups is 1. The fourth-order valence-corrected chi connectivity index (χ4v) is 1.96. The Hall–Kier alpha value is -1.63. The van der Waals surface area contributed by atoms with Crippen molar-refractivity contribution < 1.29 is 4.79 Å². The first-order valence-electron chi connectivity index (χ1n) is 4.83. The molecule has 6 nitrogen and oxygen atoms in total. The van der Waals surface area contributed by atoms with E-state index in [0.29, 0.717) is 5.03 Å². The fourth-order valence-electron chi connectivity index (χ4n) is 1.36. The van der Waals surface area contributed by atoms with Crippen LogP contribution < -0.4 is 11.2 Å². The molecule has 92 valence electrons. The van der Waals surface area contributed by atoms with Crippen LogP contribution in [0.5, 0.6) is 0 Å². The predicted octanol–water partition coefficient (Wildman–Crippen LogP) is 0.142. The Kier molecular flexibility index (Phi) is 4.06. The first-order chi connectivity index (χ1) is 7.88. The lowest BCUT2D eigenvalue weighted by molar-refractivity contribution is -0.115. The number of ketones is 1. The number of aromatic amines is 1. The summed E-state index contributed by atoms with van der Waals surface area (Å²) in [6.07, 6.45) is 1.57. The SMILES string of the molecule is CSc1[nH]c(=O)n(C)c(=O)c1C(=N)CC(C)=O. The van der Waals surface area contributed by atoms with E-state index in [4.69, 9.17) is 5.41 Å². The van der Waals surface area contributed by atoms with Gasteiger partial charge in [-0.1, -0.05) is 0 Å². The number of rotatable bonds is 4. The van der Waals surface area contributed by atoms with E-state index in [0.717, 1.165) is 4.57 Å². The van der Waals surface area contributed by atoms with Crippen molar-refractivity contribution in [3.05, 3.63) is 26.4 Å². The zero-order chi connectivity index (χ0) is 13.2. The smallest absolute Gasteiger partial charge is 0.304 e. The third-order valence-electron chi connectivity index (χ3n) is 2.20. The Morgan fingerprint density at radius 1 is 1.47 bits per heavy atom. The standard InChI is InChI=1S/C10H13N3O3S/c1-5(14)4-6(11)7-8(17-3)12-10(16)13(2)9(7)15/h11H,4H2,1-3H3,(H,12,16). The van der Waals surface area contributed by atoms with Gasteiger partial charge in [0.2, 0.25) is 0 Å². The Balaban J connectivity index is 3.46. The molecular formula is C10H13N3O3S. The number of H-pyrrole nitrogens is 1. The molecule has 0 aliphatic rings. The normalized spacial score (nSPS) is 10.3. The third kappa shape index (κ3) is 2.73. The summed E-state index contributed by atoms with van der Waals surface area (Å²) < 4.78 is 0.893. The zero-order valence-electron chi connectivity index (χ0n) is 9.79. The number of nitrogens with one attached hydrogen (secondary N) is 2. The highest BCUT2D eigenvalue weighted by atomic mass is 32.2. The minimum absolute atomic E-state index is 0.0706. The average Bonchev–Trinajstić information content (AvgIpc) is 2.23. The highest BCUT2D eigenvalue weighted by Crippen LogP contribution is 2.14. The van der Waals surface area contributed by atoms with Crippen LogP contribution in [0.4, 0.5) is 0 Å². The topological polar surface area (TPSA) is 95.8 Å². The molecule has 0 aliphatic heterocycles. The molecule has 0 spiro atoms. The quantitative estimate of drug-likeness (QED) is 0.454. The molecule has 7 heteroatoms. The Morgan fingerprint density at radius 2 is 2.06 bits per heavy atom. The Morgan fingerprint density at radius 3 is 2.53 bits per heavy atom. The molecule has 0 unspecified atom stereocenters. The summed E-state index contributed by atoms with van der Waals surface area (Å²) in [5.41, 5.74) is -1.06. The number of hydrogen-bond donors (Lipinski definition) is 2. The zero-order valence-corrected chi connectivity index (χ0v) is 10.6. The molecule has 17 heavy (non-hydrogen) atoms. The van der Waals surface area contributed by atoms with E-state index < -0.39 is 11.2 Å². The lowest BCUT2D eigenvalue weighted by Crippen LogP contribution is -2.37. The summed E-state index contributed by atoms with van der Waals surface area (Å²) in [7, 11) is 1.33. The largest absolute Gasteiger partial charge is 0.328 e. The minimum Gasteiger partial charge on any atom is -0.304 e. The number of Topliss-reactive ketones (excluding diaryl/α,β-unsaturated/α-hetero) is 1. The van der Waals surface area contributed by atoms with Crippen LogP contribution in [0, 0.1) is 5.41 Å². The van der Waals surface area contributed by atoms with Crippen LogP contribution in [0.25, 0.3) is 0 Å². The first kappa shape index (κ1) is 13.4. The van der Waals surface area contributed by atoms with Crippen LogP contribution in [0.15, 0.2) is 14.6 Å². The lowest BCUT2D eigenvalue weighted by Gasteiger charge is -2.08. The second kappa shape index (κ2) is 5.13. The summed E-state index contributed by atoms with van der Waals surface area (Å²) in [5, 5.41) is 8.07. The van der Waals surface area contributed by atoms with E-state index in [1.807, 2.05) is 0 Å². The molecule has 0 aromatic carbocycles. The van der Waals surface area contributed by atoms with Gasteiger partial charge in [-0.25, -0.2) is 4.79 Å². The van der Waals surface area contributed by atoms with Crippen molar-refractivity contribution in [2.24, 2.45) is 7.05 Å². The van der Waals surface area contributed by atoms with E-state index in [1.54, 1.807) is 6.26 Å². The molecule has 0 radical (unpaired) electrons. The van der Waals surface area contributed by atoms with Gasteiger partial charge in [-0.05, 0) is 13.2 Å². The van der Waals surface area contributed by atoms with Crippen LogP contribution in [0.1, 0.15) is 18.9 Å². The number of hydrogen-bond acceptors (Lipinski definition) is 5. The van der Waals surface area contributed by atoms with Crippen LogP contribution in [-0.4, -0.2) is 27.3 Å². The predicted molar refractivity (Wildman–Crippen MR) is 66.2 cm³/mol. The molecule has 0 saturated heterocycles. The Bertz CT molecular complexity index is 585. The fraction of sp³-hybridized carbons (Fsp3) is 0.400. The number of carbonyl (C=O) groups is 1. The maximum atomic E-state index is 11.9. The average molecular weight is 255 g/mol. The summed E-state index contributed by atoms with van der Waals surface area (Å²) in [5.74, 6) is -0.199. The molecule has 1 aromatic rings. The van der Waals surface area contributed by atoms with E-state index in [9.17, 15) is 14.4 Å². The molecule has 0 atom stereocenters. The van der Waals surface area contributed by atoms with E-state index in [1.165, 1.54) is 25.7 Å². The molecule has 1 aromatic heterocycles. The van der Waals surface area contributed by atoms with Gasteiger partial charge in [-0.3, -0.25) is 14.2 Å². The minimum atomic E-state index is -0.552. The van der Waals surface area contributed by atoms with Crippen molar-refractivity contribution in [3.8, 4) is 0 Å². The van der Waals surface area contributed by atoms with E-state index in [-0.39, 0.29) is 23.5 Å². The maximum absolute atomic E-state index is 11.9. The van der Waals surface area contributed by atoms with Gasteiger partial charge >= 0.3 is 5.69 Å². The van der Waals surface area contributed by atoms with Crippen molar-refractivity contribution in [2.75, 3.05) is 6.26 Å². The molecule has 1 heterocycles. The van der Waals surface area contributed by atoms with Crippen LogP contribution in [0.3, 0.4) is 0 Å². The van der Waals surface area contributed by atoms with Crippen molar-refractivity contribution in [1.29, 1.82) is 5.41 Å². The van der Waals surface area contributed by atoms with Gasteiger partial charge in [-0.15, -0.1) is 11.8 Å². The van der Waals surface area contributed by atoms with Crippen molar-refractivity contribution in [2.45, 2.75) is 18.4 Å². The molecular weight excluding hydrogens is 242 g/mol. The van der Waals surface area contributed by atoms with Crippen molar-refractivity contribution in [3.63, 3.8) is 0 Å². The molecule has 0 aliphatic carbocycles. The van der Waals surface area contributed by atoms with Gasteiger partial charge in [0.15, 0.2) is 0 Å². The van der Waals surface area contributed by atoms with Crippen LogP contribution in [-0.2, 0) is 11.8 Å². The lowest BCUT2D eigenvalue weighted by atomic mass is 10.1. The highest BCUT2D eigenvalue weighted by molar-refractivity contribution is 7.98. The molecule has 0 fully saturated rings. The van der Waals surface area contributed by atoms with Gasteiger partial charge in [0.25, 0.3) is 5.56 Å². The summed E-state index contributed by atoms with van der Waals surface area (Å²) >= 11 is 1.17. The third-order valence-corrected chi connectivity index (χ3v) is 2.92. The van der Waals surface area contributed by atoms with Crippen molar-refractivity contribution in [1.82, 2.24) is 9.55 Å². The number of nitrogens with zero attached hydrogens (tertiary/aromatic N) is 1. The first-order valence-corrected chi connectivity index (χ1v) is 6.05. The summed E-state index contributed by atoms with van der Waals surface area (Å²) in [4.78, 5) is 36.7. The van der Waals surface area contributed by atoms with Gasteiger partial charge in [0.05, 0.1) is 16.3 Å². The van der Waals surface area contributed by atoms with E-state index >= 15 is 0 Å². The maximum Gasteiger partial charge on any atom is 0.328 e. The van der Waals surface area contributed by atoms with Gasteiger partial charge in [0.1, 0.15) is 5.78 Å². The number of carbonyl (C=O) groups excluding carboxylic acids is 1. The molecule has 0 saturated carbocycles. The molecule has 0 amide bonds.